The van der Waals surface area contributed by atoms with E-state index in [0.717, 1.165) is 5.39 Å². The summed E-state index contributed by atoms with van der Waals surface area (Å²) < 4.78 is 10.8. The second kappa shape index (κ2) is 5.02. The topological polar surface area (TPSA) is 39.4 Å². The van der Waals surface area contributed by atoms with Gasteiger partial charge in [0.15, 0.2) is 5.76 Å². The molecule has 0 unspecified atom stereocenters. The van der Waals surface area contributed by atoms with Gasteiger partial charge in [-0.3, -0.25) is 4.79 Å². The molecule has 0 bridgehead atoms. The van der Waals surface area contributed by atoms with Gasteiger partial charge in [-0.15, -0.1) is 0 Å². The van der Waals surface area contributed by atoms with Crippen molar-refractivity contribution in [2.75, 3.05) is 7.11 Å². The number of halogens is 1. The second-order valence-electron chi connectivity index (χ2n) is 4.32. The number of hydrogen-bond acceptors (Lipinski definition) is 3. The number of rotatable bonds is 3. The maximum atomic E-state index is 12.5. The molecule has 0 spiro atoms. The highest BCUT2D eigenvalue weighted by Gasteiger charge is 2.19. The average Bonchev–Trinajstić information content (AvgIpc) is 2.90. The van der Waals surface area contributed by atoms with E-state index in [1.165, 1.54) is 7.11 Å². The molecule has 1 heterocycles. The van der Waals surface area contributed by atoms with Crippen molar-refractivity contribution in [3.63, 3.8) is 0 Å². The van der Waals surface area contributed by atoms with Crippen LogP contribution in [0.3, 0.4) is 0 Å². The fourth-order valence-corrected chi connectivity index (χ4v) is 2.26. The zero-order valence-corrected chi connectivity index (χ0v) is 11.5. The Hall–Kier alpha value is -2.26. The summed E-state index contributed by atoms with van der Waals surface area (Å²) >= 11 is 5.95. The number of carbonyl (C=O) groups excluding carboxylic acids is 1. The third-order valence-electron chi connectivity index (χ3n) is 3.06. The maximum absolute atomic E-state index is 12.5. The summed E-state index contributed by atoms with van der Waals surface area (Å²) in [6, 6.07) is 14.1. The third-order valence-corrected chi connectivity index (χ3v) is 3.29. The van der Waals surface area contributed by atoms with Gasteiger partial charge < -0.3 is 9.15 Å². The molecule has 4 heteroatoms. The van der Waals surface area contributed by atoms with Crippen LogP contribution in [0, 0.1) is 0 Å². The van der Waals surface area contributed by atoms with Gasteiger partial charge in [0.1, 0.15) is 11.3 Å². The molecule has 0 saturated carbocycles. The summed E-state index contributed by atoms with van der Waals surface area (Å²) in [4.78, 5) is 12.5. The van der Waals surface area contributed by atoms with Crippen molar-refractivity contribution in [2.24, 2.45) is 0 Å². The third kappa shape index (κ3) is 2.17. The Kier molecular flexibility index (Phi) is 3.20. The smallest absolute Gasteiger partial charge is 0.231 e. The van der Waals surface area contributed by atoms with Gasteiger partial charge in [-0.1, -0.05) is 29.8 Å². The molecule has 0 fully saturated rings. The van der Waals surface area contributed by atoms with E-state index in [2.05, 4.69) is 0 Å². The van der Waals surface area contributed by atoms with Crippen LogP contribution in [0.15, 0.2) is 52.9 Å². The summed E-state index contributed by atoms with van der Waals surface area (Å²) in [5, 5.41) is 1.36. The highest BCUT2D eigenvalue weighted by Crippen LogP contribution is 2.27. The van der Waals surface area contributed by atoms with E-state index in [0.29, 0.717) is 21.9 Å². The second-order valence-corrected chi connectivity index (χ2v) is 4.76. The van der Waals surface area contributed by atoms with E-state index in [9.17, 15) is 4.79 Å². The Morgan fingerprint density at radius 3 is 2.70 bits per heavy atom. The van der Waals surface area contributed by atoms with Crippen molar-refractivity contribution < 1.29 is 13.9 Å². The Labute approximate surface area is 120 Å². The van der Waals surface area contributed by atoms with E-state index in [4.69, 9.17) is 20.8 Å². The van der Waals surface area contributed by atoms with E-state index < -0.39 is 0 Å². The van der Waals surface area contributed by atoms with Crippen LogP contribution < -0.4 is 4.74 Å². The predicted molar refractivity (Wildman–Crippen MR) is 77.7 cm³/mol. The molecule has 0 radical (unpaired) electrons. The average molecular weight is 287 g/mol. The van der Waals surface area contributed by atoms with Crippen molar-refractivity contribution >= 4 is 28.4 Å². The summed E-state index contributed by atoms with van der Waals surface area (Å²) in [5.41, 5.74) is 1.07. The molecule has 2 aromatic carbocycles. The normalized spacial score (nSPS) is 10.7. The molecular formula is C16H11ClO3. The number of para-hydroxylation sites is 1. The maximum Gasteiger partial charge on any atom is 0.231 e. The monoisotopic (exact) mass is 286 g/mol. The summed E-state index contributed by atoms with van der Waals surface area (Å²) in [6.45, 7) is 0. The van der Waals surface area contributed by atoms with Gasteiger partial charge in [0.2, 0.25) is 5.78 Å². The standard InChI is InChI=1S/C16H11ClO3/c1-19-14-7-6-11(17)9-12(14)16(18)15-8-10-4-2-3-5-13(10)20-15/h2-9H,1H3. The molecule has 0 aliphatic carbocycles. The number of methoxy groups -OCH3 is 1. The van der Waals surface area contributed by atoms with Crippen LogP contribution in [-0.2, 0) is 0 Å². The molecule has 100 valence electrons. The van der Waals surface area contributed by atoms with Crippen LogP contribution in [0.2, 0.25) is 5.02 Å². The van der Waals surface area contributed by atoms with Crippen LogP contribution in [0.25, 0.3) is 11.0 Å². The van der Waals surface area contributed by atoms with Crippen LogP contribution in [-0.4, -0.2) is 12.9 Å². The molecule has 0 atom stereocenters. The van der Waals surface area contributed by atoms with Crippen molar-refractivity contribution in [1.82, 2.24) is 0 Å². The van der Waals surface area contributed by atoms with E-state index in [-0.39, 0.29) is 11.5 Å². The predicted octanol–water partition coefficient (Wildman–Crippen LogP) is 4.33. The minimum atomic E-state index is -0.249. The van der Waals surface area contributed by atoms with Crippen molar-refractivity contribution in [3.05, 3.63) is 64.9 Å². The largest absolute Gasteiger partial charge is 0.496 e. The highest BCUT2D eigenvalue weighted by atomic mass is 35.5. The number of fused-ring (bicyclic) bond motifs is 1. The number of carbonyl (C=O) groups is 1. The fraction of sp³-hybridized carbons (Fsp3) is 0.0625. The molecule has 0 aliphatic heterocycles. The molecule has 3 aromatic rings. The number of ketones is 1. The quantitative estimate of drug-likeness (QED) is 0.673. The minimum Gasteiger partial charge on any atom is -0.496 e. The molecule has 20 heavy (non-hydrogen) atoms. The number of hydrogen-bond donors (Lipinski definition) is 0. The lowest BCUT2D eigenvalue weighted by Crippen LogP contribution is -2.02. The molecule has 0 aliphatic rings. The first kappa shape index (κ1) is 12.8. The van der Waals surface area contributed by atoms with E-state index >= 15 is 0 Å². The first-order chi connectivity index (χ1) is 9.69. The molecular weight excluding hydrogens is 276 g/mol. The number of benzene rings is 2. The molecule has 3 nitrogen and oxygen atoms in total. The molecule has 0 saturated heterocycles. The van der Waals surface area contributed by atoms with Gasteiger partial charge in [-0.05, 0) is 30.3 Å². The molecule has 0 amide bonds. The van der Waals surface area contributed by atoms with Crippen LogP contribution in [0.1, 0.15) is 16.1 Å². The highest BCUT2D eigenvalue weighted by molar-refractivity contribution is 6.31. The Bertz CT molecular complexity index is 756. The summed E-state index contributed by atoms with van der Waals surface area (Å²) in [6.07, 6.45) is 0. The lowest BCUT2D eigenvalue weighted by molar-refractivity contribution is 0.101. The Balaban J connectivity index is 2.10. The zero-order valence-electron chi connectivity index (χ0n) is 10.7. The van der Waals surface area contributed by atoms with Gasteiger partial charge in [-0.2, -0.15) is 0 Å². The van der Waals surface area contributed by atoms with Gasteiger partial charge in [-0.25, -0.2) is 0 Å². The Morgan fingerprint density at radius 2 is 1.95 bits per heavy atom. The van der Waals surface area contributed by atoms with Crippen molar-refractivity contribution in [2.45, 2.75) is 0 Å². The zero-order chi connectivity index (χ0) is 14.1. The van der Waals surface area contributed by atoms with Crippen molar-refractivity contribution in [1.29, 1.82) is 0 Å². The van der Waals surface area contributed by atoms with Gasteiger partial charge >= 0.3 is 0 Å². The van der Waals surface area contributed by atoms with E-state index in [1.54, 1.807) is 24.3 Å². The Morgan fingerprint density at radius 1 is 1.15 bits per heavy atom. The first-order valence-electron chi connectivity index (χ1n) is 6.06. The SMILES string of the molecule is COc1ccc(Cl)cc1C(=O)c1cc2ccccc2o1. The molecule has 0 N–H and O–H groups in total. The van der Waals surface area contributed by atoms with Crippen LogP contribution in [0.5, 0.6) is 5.75 Å². The lowest BCUT2D eigenvalue weighted by atomic mass is 10.1. The fourth-order valence-electron chi connectivity index (χ4n) is 2.08. The molecule has 1 aromatic heterocycles. The van der Waals surface area contributed by atoms with Gasteiger partial charge in [0.05, 0.1) is 12.7 Å². The van der Waals surface area contributed by atoms with Crippen LogP contribution in [0.4, 0.5) is 0 Å². The first-order valence-corrected chi connectivity index (χ1v) is 6.43. The summed E-state index contributed by atoms with van der Waals surface area (Å²) in [7, 11) is 1.51. The minimum absolute atomic E-state index is 0.249. The lowest BCUT2D eigenvalue weighted by Gasteiger charge is -2.06. The van der Waals surface area contributed by atoms with Crippen LogP contribution >= 0.6 is 11.6 Å². The van der Waals surface area contributed by atoms with E-state index in [1.807, 2.05) is 24.3 Å². The van der Waals surface area contributed by atoms with Crippen molar-refractivity contribution in [3.8, 4) is 5.75 Å². The number of furan rings is 1. The number of ether oxygens (including phenoxy) is 1. The van der Waals surface area contributed by atoms with Gasteiger partial charge in [0, 0.05) is 10.4 Å². The summed E-state index contributed by atoms with van der Waals surface area (Å²) in [5.74, 6) is 0.493. The molecule has 3 rings (SSSR count). The van der Waals surface area contributed by atoms with Gasteiger partial charge in [0.25, 0.3) is 0 Å².